The van der Waals surface area contributed by atoms with Gasteiger partial charge in [0.15, 0.2) is 0 Å². The summed E-state index contributed by atoms with van der Waals surface area (Å²) in [4.78, 5) is 25.9. The number of hydrogen-bond acceptors (Lipinski definition) is 2. The Balaban J connectivity index is 1.90. The van der Waals surface area contributed by atoms with E-state index in [1.54, 1.807) is 0 Å². The number of benzene rings is 1. The second-order valence-electron chi connectivity index (χ2n) is 7.42. The maximum absolute atomic E-state index is 13.1. The molecule has 1 heterocycles. The molecular weight excluding hydrogens is 336 g/mol. The van der Waals surface area contributed by atoms with E-state index in [1.165, 1.54) is 18.4 Å². The highest BCUT2D eigenvalue weighted by Crippen LogP contribution is 2.20. The van der Waals surface area contributed by atoms with Crippen molar-refractivity contribution in [1.29, 1.82) is 0 Å². The molecule has 0 aliphatic heterocycles. The molecule has 0 saturated heterocycles. The molecule has 1 aromatic carbocycles. The van der Waals surface area contributed by atoms with Crippen LogP contribution in [0, 0.1) is 0 Å². The van der Waals surface area contributed by atoms with E-state index in [9.17, 15) is 9.59 Å². The lowest BCUT2D eigenvalue weighted by atomic mass is 9.95. The number of nitrogens with zero attached hydrogens (tertiary/aromatic N) is 1. The molecule has 2 aromatic rings. The van der Waals surface area contributed by atoms with Crippen molar-refractivity contribution in [1.82, 2.24) is 9.88 Å². The largest absolute Gasteiger partial charge is 0.348 e. The van der Waals surface area contributed by atoms with E-state index in [1.807, 2.05) is 41.0 Å². The fourth-order valence-corrected chi connectivity index (χ4v) is 3.82. The first-order valence-electron chi connectivity index (χ1n) is 10.3. The highest BCUT2D eigenvalue weighted by atomic mass is 16.2. The van der Waals surface area contributed by atoms with Crippen LogP contribution in [-0.2, 0) is 25.9 Å². The van der Waals surface area contributed by atoms with Gasteiger partial charge in [-0.1, -0.05) is 56.5 Å². The van der Waals surface area contributed by atoms with E-state index >= 15 is 0 Å². The third-order valence-electron chi connectivity index (χ3n) is 5.38. The molecule has 1 aromatic heterocycles. The minimum absolute atomic E-state index is 0.131. The number of unbranched alkanes of at least 4 members (excludes halogenated alkanes) is 1. The van der Waals surface area contributed by atoms with Crippen molar-refractivity contribution in [2.75, 3.05) is 0 Å². The summed E-state index contributed by atoms with van der Waals surface area (Å²) in [7, 11) is 0. The van der Waals surface area contributed by atoms with E-state index in [0.29, 0.717) is 18.7 Å². The topological polar surface area (TPSA) is 51.1 Å². The maximum atomic E-state index is 13.1. The van der Waals surface area contributed by atoms with Crippen molar-refractivity contribution in [2.24, 2.45) is 0 Å². The summed E-state index contributed by atoms with van der Waals surface area (Å²) in [5.74, 6) is -0.265. The van der Waals surface area contributed by atoms with Crippen LogP contribution in [0.4, 0.5) is 0 Å². The summed E-state index contributed by atoms with van der Waals surface area (Å²) in [5, 5.41) is 2.92. The van der Waals surface area contributed by atoms with Crippen LogP contribution in [0.3, 0.4) is 0 Å². The molecule has 0 saturated carbocycles. The molecule has 4 nitrogen and oxygen atoms in total. The number of pyridine rings is 1. The van der Waals surface area contributed by atoms with Crippen LogP contribution in [0.25, 0.3) is 0 Å². The Bertz CT molecular complexity index is 824. The van der Waals surface area contributed by atoms with Gasteiger partial charge in [0.1, 0.15) is 5.56 Å². The van der Waals surface area contributed by atoms with Gasteiger partial charge in [-0.25, -0.2) is 0 Å². The molecule has 1 amide bonds. The lowest BCUT2D eigenvalue weighted by Gasteiger charge is -2.21. The smallest absolute Gasteiger partial charge is 0.263 e. The molecule has 1 N–H and O–H groups in total. The van der Waals surface area contributed by atoms with Gasteiger partial charge >= 0.3 is 0 Å². The van der Waals surface area contributed by atoms with Gasteiger partial charge in [-0.3, -0.25) is 9.59 Å². The minimum atomic E-state index is -0.265. The molecule has 4 heteroatoms. The van der Waals surface area contributed by atoms with E-state index in [0.717, 1.165) is 49.8 Å². The Morgan fingerprint density at radius 1 is 1.07 bits per heavy atom. The molecule has 0 fully saturated rings. The number of amides is 1. The molecule has 1 aliphatic carbocycles. The molecule has 0 unspecified atom stereocenters. The third kappa shape index (κ3) is 4.88. The van der Waals surface area contributed by atoms with Crippen molar-refractivity contribution in [2.45, 2.75) is 71.4 Å². The van der Waals surface area contributed by atoms with Crippen LogP contribution in [0.15, 0.2) is 41.2 Å². The standard InChI is InChI=1S/C23H30N2O2/c1-2-3-15-25-21-14-10-5-4-9-13-19(21)16-20(23(25)27)22(26)24-17-18-11-7-6-8-12-18/h6-8,11-12,16H,2-5,9-10,13-15,17H2,1H3,(H,24,26). The summed E-state index contributed by atoms with van der Waals surface area (Å²) in [6.07, 6.45) is 8.60. The number of aryl methyl sites for hydroxylation is 1. The van der Waals surface area contributed by atoms with Crippen molar-refractivity contribution in [3.8, 4) is 0 Å². The monoisotopic (exact) mass is 366 g/mol. The number of carbonyl (C=O) groups is 1. The number of fused-ring (bicyclic) bond motifs is 1. The average molecular weight is 367 g/mol. The van der Waals surface area contributed by atoms with Crippen molar-refractivity contribution >= 4 is 5.91 Å². The van der Waals surface area contributed by atoms with E-state index < -0.39 is 0 Å². The highest BCUT2D eigenvalue weighted by Gasteiger charge is 2.19. The number of hydrogen-bond donors (Lipinski definition) is 1. The van der Waals surface area contributed by atoms with Crippen molar-refractivity contribution in [3.63, 3.8) is 0 Å². The van der Waals surface area contributed by atoms with Crippen molar-refractivity contribution < 1.29 is 4.79 Å². The van der Waals surface area contributed by atoms with Gasteiger partial charge in [0.25, 0.3) is 11.5 Å². The van der Waals surface area contributed by atoms with Crippen LogP contribution in [-0.4, -0.2) is 10.5 Å². The number of rotatable bonds is 6. The van der Waals surface area contributed by atoms with Crippen LogP contribution in [0.2, 0.25) is 0 Å². The predicted molar refractivity (Wildman–Crippen MR) is 109 cm³/mol. The fraction of sp³-hybridized carbons (Fsp3) is 0.478. The van der Waals surface area contributed by atoms with Crippen molar-refractivity contribution in [3.05, 3.63) is 69.1 Å². The fourth-order valence-electron chi connectivity index (χ4n) is 3.82. The van der Waals surface area contributed by atoms with Gasteiger partial charge in [-0.2, -0.15) is 0 Å². The quantitative estimate of drug-likeness (QED) is 0.831. The maximum Gasteiger partial charge on any atom is 0.263 e. The van der Waals surface area contributed by atoms with Crippen LogP contribution in [0.1, 0.15) is 72.6 Å². The zero-order valence-electron chi connectivity index (χ0n) is 16.3. The van der Waals surface area contributed by atoms with Crippen LogP contribution in [0.5, 0.6) is 0 Å². The lowest BCUT2D eigenvalue weighted by molar-refractivity contribution is 0.0948. The highest BCUT2D eigenvalue weighted by molar-refractivity contribution is 5.94. The van der Waals surface area contributed by atoms with E-state index in [2.05, 4.69) is 12.2 Å². The average Bonchev–Trinajstić information content (AvgIpc) is 2.67. The minimum Gasteiger partial charge on any atom is -0.348 e. The SMILES string of the molecule is CCCCn1c2c(cc(C(=O)NCc3ccccc3)c1=O)CCCCCC2. The Kier molecular flexibility index (Phi) is 6.86. The summed E-state index contributed by atoms with van der Waals surface area (Å²) in [5.41, 5.74) is 3.54. The number of nitrogens with one attached hydrogen (secondary N) is 1. The van der Waals surface area contributed by atoms with Gasteiger partial charge in [0.2, 0.25) is 0 Å². The Morgan fingerprint density at radius 2 is 1.81 bits per heavy atom. The van der Waals surface area contributed by atoms with Crippen LogP contribution >= 0.6 is 0 Å². The number of aromatic nitrogens is 1. The summed E-state index contributed by atoms with van der Waals surface area (Å²) < 4.78 is 1.89. The van der Waals surface area contributed by atoms with E-state index in [4.69, 9.17) is 0 Å². The van der Waals surface area contributed by atoms with Gasteiger partial charge in [0, 0.05) is 18.8 Å². The second kappa shape index (κ2) is 9.54. The molecule has 0 bridgehead atoms. The zero-order chi connectivity index (χ0) is 19.1. The molecule has 0 spiro atoms. The summed E-state index contributed by atoms with van der Waals surface area (Å²) in [6, 6.07) is 11.7. The van der Waals surface area contributed by atoms with Gasteiger partial charge in [0.05, 0.1) is 0 Å². The second-order valence-corrected chi connectivity index (χ2v) is 7.42. The zero-order valence-corrected chi connectivity index (χ0v) is 16.3. The first-order chi connectivity index (χ1) is 13.2. The van der Waals surface area contributed by atoms with Gasteiger partial charge < -0.3 is 9.88 Å². The van der Waals surface area contributed by atoms with Gasteiger partial charge in [-0.15, -0.1) is 0 Å². The third-order valence-corrected chi connectivity index (χ3v) is 5.38. The Labute approximate surface area is 161 Å². The van der Waals surface area contributed by atoms with E-state index in [-0.39, 0.29) is 11.5 Å². The molecule has 3 rings (SSSR count). The molecule has 144 valence electrons. The first-order valence-corrected chi connectivity index (χ1v) is 10.3. The summed E-state index contributed by atoms with van der Waals surface area (Å²) >= 11 is 0. The Morgan fingerprint density at radius 3 is 2.56 bits per heavy atom. The lowest BCUT2D eigenvalue weighted by Crippen LogP contribution is -2.35. The first kappa shape index (κ1) is 19.4. The molecule has 27 heavy (non-hydrogen) atoms. The molecule has 1 aliphatic rings. The molecular formula is C23H30N2O2. The molecule has 0 radical (unpaired) electrons. The van der Waals surface area contributed by atoms with Crippen LogP contribution < -0.4 is 10.9 Å². The predicted octanol–water partition coefficient (Wildman–Crippen LogP) is 4.24. The van der Waals surface area contributed by atoms with Gasteiger partial charge in [-0.05, 0) is 49.3 Å². The Hall–Kier alpha value is -2.36. The summed E-state index contributed by atoms with van der Waals surface area (Å²) in [6.45, 7) is 3.27. The molecule has 0 atom stereocenters. The number of carbonyl (C=O) groups excluding carboxylic acids is 1. The normalized spacial score (nSPS) is 14.1.